The second-order valence-corrected chi connectivity index (χ2v) is 8.56. The minimum atomic E-state index is -3.68. The van der Waals surface area contributed by atoms with Gasteiger partial charge in [0.2, 0.25) is 10.0 Å². The second-order valence-electron chi connectivity index (χ2n) is 6.18. The number of carbonyl (C=O) groups excluding carboxylic acids is 1. The van der Waals surface area contributed by atoms with Crippen molar-refractivity contribution in [2.75, 3.05) is 26.3 Å². The largest absolute Gasteiger partial charge is 0.379 e. The molecule has 1 heterocycles. The standard InChI is InChI=1S/C20H20ClN3O4S/c21-18(13-16-5-2-1-3-6-16)15-22-23-20(25)17-7-4-8-19(14-17)29(26,27)24-9-11-28-12-10-24/h1-8,13-15H,9-12H2,(H,23,25)/b18-13+,22-15-. The highest BCUT2D eigenvalue weighted by atomic mass is 35.5. The van der Waals surface area contributed by atoms with Gasteiger partial charge in [-0.15, -0.1) is 0 Å². The summed E-state index contributed by atoms with van der Waals surface area (Å²) < 4.78 is 32.0. The number of rotatable bonds is 6. The van der Waals surface area contributed by atoms with E-state index >= 15 is 0 Å². The summed E-state index contributed by atoms with van der Waals surface area (Å²) in [6, 6.07) is 15.3. The molecule has 1 fully saturated rings. The third-order valence-electron chi connectivity index (χ3n) is 4.16. The Labute approximate surface area is 174 Å². The van der Waals surface area contributed by atoms with Crippen LogP contribution in [0, 0.1) is 0 Å². The zero-order valence-electron chi connectivity index (χ0n) is 15.5. The van der Waals surface area contributed by atoms with Crippen LogP contribution >= 0.6 is 11.6 Å². The zero-order valence-corrected chi connectivity index (χ0v) is 17.1. The molecule has 1 amide bonds. The van der Waals surface area contributed by atoms with Gasteiger partial charge in [0.1, 0.15) is 0 Å². The lowest BCUT2D eigenvalue weighted by atomic mass is 10.2. The Morgan fingerprint density at radius 2 is 1.83 bits per heavy atom. The monoisotopic (exact) mass is 433 g/mol. The summed E-state index contributed by atoms with van der Waals surface area (Å²) in [6.07, 6.45) is 3.01. The van der Waals surface area contributed by atoms with E-state index in [4.69, 9.17) is 16.3 Å². The molecule has 9 heteroatoms. The van der Waals surface area contributed by atoms with Crippen LogP contribution in [-0.2, 0) is 14.8 Å². The molecule has 29 heavy (non-hydrogen) atoms. The fourth-order valence-corrected chi connectivity index (χ4v) is 4.33. The molecule has 0 atom stereocenters. The molecular weight excluding hydrogens is 414 g/mol. The van der Waals surface area contributed by atoms with E-state index in [1.165, 1.54) is 34.8 Å². The first-order valence-electron chi connectivity index (χ1n) is 8.90. The van der Waals surface area contributed by atoms with Crippen LogP contribution in [0.4, 0.5) is 0 Å². The van der Waals surface area contributed by atoms with Gasteiger partial charge in [0.05, 0.1) is 29.4 Å². The average Bonchev–Trinajstić information content (AvgIpc) is 2.75. The van der Waals surface area contributed by atoms with E-state index < -0.39 is 15.9 Å². The van der Waals surface area contributed by atoms with Crippen LogP contribution in [0.1, 0.15) is 15.9 Å². The summed E-state index contributed by atoms with van der Waals surface area (Å²) >= 11 is 6.08. The maximum absolute atomic E-state index is 12.7. The van der Waals surface area contributed by atoms with Gasteiger partial charge >= 0.3 is 0 Å². The van der Waals surface area contributed by atoms with Gasteiger partial charge in [0.25, 0.3) is 5.91 Å². The number of hydrogen-bond donors (Lipinski definition) is 1. The van der Waals surface area contributed by atoms with E-state index in [-0.39, 0.29) is 23.5 Å². The normalized spacial score (nSPS) is 16.1. The summed E-state index contributed by atoms with van der Waals surface area (Å²) in [5.41, 5.74) is 3.43. The highest BCUT2D eigenvalue weighted by Crippen LogP contribution is 2.18. The molecule has 0 aliphatic carbocycles. The Balaban J connectivity index is 1.67. The quantitative estimate of drug-likeness (QED) is 0.560. The summed E-state index contributed by atoms with van der Waals surface area (Å²) in [4.78, 5) is 12.4. The predicted octanol–water partition coefficient (Wildman–Crippen LogP) is 2.70. The fraction of sp³-hybridized carbons (Fsp3) is 0.200. The van der Waals surface area contributed by atoms with E-state index in [9.17, 15) is 13.2 Å². The molecule has 2 aromatic rings. The van der Waals surface area contributed by atoms with Crippen molar-refractivity contribution in [3.8, 4) is 0 Å². The maximum atomic E-state index is 12.7. The maximum Gasteiger partial charge on any atom is 0.271 e. The number of morpholine rings is 1. The molecule has 0 spiro atoms. The number of halogens is 1. The topological polar surface area (TPSA) is 88.1 Å². The first-order chi connectivity index (χ1) is 14.0. The van der Waals surface area contributed by atoms with Gasteiger partial charge < -0.3 is 4.74 Å². The number of benzene rings is 2. The molecule has 152 valence electrons. The number of nitrogens with zero attached hydrogens (tertiary/aromatic N) is 2. The molecule has 0 aromatic heterocycles. The highest BCUT2D eigenvalue weighted by Gasteiger charge is 2.26. The Hall–Kier alpha value is -2.52. The third kappa shape index (κ3) is 5.74. The first kappa shape index (κ1) is 21.2. The minimum absolute atomic E-state index is 0.0537. The Morgan fingerprint density at radius 3 is 2.55 bits per heavy atom. The van der Waals surface area contributed by atoms with E-state index in [0.717, 1.165) is 5.56 Å². The molecular formula is C20H20ClN3O4S. The van der Waals surface area contributed by atoms with Gasteiger partial charge in [-0.05, 0) is 29.8 Å². The fourth-order valence-electron chi connectivity index (χ4n) is 2.70. The van der Waals surface area contributed by atoms with E-state index in [0.29, 0.717) is 18.2 Å². The summed E-state index contributed by atoms with van der Waals surface area (Å²) in [5, 5.41) is 4.16. The number of hydrazone groups is 1. The molecule has 0 saturated carbocycles. The lowest BCUT2D eigenvalue weighted by Crippen LogP contribution is -2.40. The molecule has 0 radical (unpaired) electrons. The molecule has 2 aromatic carbocycles. The second kappa shape index (κ2) is 9.80. The van der Waals surface area contributed by atoms with Crippen molar-refractivity contribution in [2.45, 2.75) is 4.90 Å². The molecule has 1 saturated heterocycles. The summed E-state index contributed by atoms with van der Waals surface area (Å²) in [5.74, 6) is -0.538. The Morgan fingerprint density at radius 1 is 1.10 bits per heavy atom. The number of sulfonamides is 1. The van der Waals surface area contributed by atoms with E-state index in [2.05, 4.69) is 10.5 Å². The lowest BCUT2D eigenvalue weighted by Gasteiger charge is -2.26. The van der Waals surface area contributed by atoms with Crippen LogP contribution in [0.2, 0.25) is 0 Å². The predicted molar refractivity (Wildman–Crippen MR) is 112 cm³/mol. The van der Waals surface area contributed by atoms with Crippen molar-refractivity contribution >= 4 is 39.8 Å². The van der Waals surface area contributed by atoms with Crippen molar-refractivity contribution in [2.24, 2.45) is 5.10 Å². The lowest BCUT2D eigenvalue weighted by molar-refractivity contribution is 0.0730. The molecule has 1 aliphatic heterocycles. The molecule has 3 rings (SSSR count). The molecule has 0 unspecified atom stereocenters. The highest BCUT2D eigenvalue weighted by molar-refractivity contribution is 7.89. The number of nitrogens with one attached hydrogen (secondary N) is 1. The van der Waals surface area contributed by atoms with Crippen LogP contribution in [0.3, 0.4) is 0 Å². The Kier molecular flexibility index (Phi) is 7.16. The van der Waals surface area contributed by atoms with Crippen molar-refractivity contribution < 1.29 is 17.9 Å². The average molecular weight is 434 g/mol. The van der Waals surface area contributed by atoms with Crippen LogP contribution < -0.4 is 5.43 Å². The SMILES string of the molecule is O=C(N/N=C\C(Cl)=C/c1ccccc1)c1cccc(S(=O)(=O)N2CCOCC2)c1. The van der Waals surface area contributed by atoms with Gasteiger partial charge in [-0.2, -0.15) is 9.41 Å². The number of hydrogen-bond acceptors (Lipinski definition) is 5. The summed E-state index contributed by atoms with van der Waals surface area (Å²) in [7, 11) is -3.68. The van der Waals surface area contributed by atoms with Crippen LogP contribution in [0.5, 0.6) is 0 Å². The molecule has 7 nitrogen and oxygen atoms in total. The minimum Gasteiger partial charge on any atom is -0.379 e. The molecule has 1 aliphatic rings. The Bertz CT molecular complexity index is 1020. The van der Waals surface area contributed by atoms with Gasteiger partial charge in [-0.1, -0.05) is 48.0 Å². The number of amides is 1. The van der Waals surface area contributed by atoms with Gasteiger partial charge in [-0.3, -0.25) is 4.79 Å². The van der Waals surface area contributed by atoms with E-state index in [1.54, 1.807) is 6.08 Å². The smallest absolute Gasteiger partial charge is 0.271 e. The van der Waals surface area contributed by atoms with Crippen molar-refractivity contribution in [3.05, 3.63) is 70.8 Å². The van der Waals surface area contributed by atoms with Crippen molar-refractivity contribution in [1.29, 1.82) is 0 Å². The van der Waals surface area contributed by atoms with Gasteiger partial charge in [-0.25, -0.2) is 13.8 Å². The number of carbonyl (C=O) groups is 1. The van der Waals surface area contributed by atoms with Crippen LogP contribution in [-0.4, -0.2) is 51.1 Å². The van der Waals surface area contributed by atoms with Crippen molar-refractivity contribution in [1.82, 2.24) is 9.73 Å². The summed E-state index contributed by atoms with van der Waals surface area (Å²) in [6.45, 7) is 1.28. The van der Waals surface area contributed by atoms with Gasteiger partial charge in [0.15, 0.2) is 0 Å². The first-order valence-corrected chi connectivity index (χ1v) is 10.7. The number of allylic oxidation sites excluding steroid dienone is 1. The third-order valence-corrected chi connectivity index (χ3v) is 6.26. The van der Waals surface area contributed by atoms with Crippen molar-refractivity contribution in [3.63, 3.8) is 0 Å². The number of ether oxygens (including phenoxy) is 1. The zero-order chi connectivity index (χ0) is 20.7. The van der Waals surface area contributed by atoms with Crippen LogP contribution in [0.25, 0.3) is 6.08 Å². The van der Waals surface area contributed by atoms with E-state index in [1.807, 2.05) is 30.3 Å². The van der Waals surface area contributed by atoms with Crippen LogP contribution in [0.15, 0.2) is 69.6 Å². The molecule has 1 N–H and O–H groups in total. The van der Waals surface area contributed by atoms with Gasteiger partial charge in [0, 0.05) is 18.7 Å². The molecule has 0 bridgehead atoms.